The highest BCUT2D eigenvalue weighted by molar-refractivity contribution is 7.16. The first-order valence-corrected chi connectivity index (χ1v) is 7.66. The van der Waals surface area contributed by atoms with Gasteiger partial charge in [-0.2, -0.15) is 4.98 Å². The van der Waals surface area contributed by atoms with Crippen LogP contribution >= 0.6 is 22.9 Å². The first kappa shape index (κ1) is 12.2. The fourth-order valence-corrected chi connectivity index (χ4v) is 3.38. The van der Waals surface area contributed by atoms with E-state index in [0.29, 0.717) is 5.88 Å². The summed E-state index contributed by atoms with van der Waals surface area (Å²) in [5.74, 6) is 0.651. The molecule has 0 spiro atoms. The molecule has 0 bridgehead atoms. The van der Waals surface area contributed by atoms with Crippen molar-refractivity contribution in [3.8, 4) is 5.88 Å². The Labute approximate surface area is 115 Å². The first-order valence-electron chi connectivity index (χ1n) is 6.40. The van der Waals surface area contributed by atoms with Crippen molar-refractivity contribution < 1.29 is 4.74 Å². The molecule has 2 aromatic rings. The monoisotopic (exact) mass is 282 g/mol. The summed E-state index contributed by atoms with van der Waals surface area (Å²) in [6, 6.07) is 2.00. The zero-order valence-corrected chi connectivity index (χ0v) is 11.6. The summed E-state index contributed by atoms with van der Waals surface area (Å²) in [6.07, 6.45) is 7.64. The van der Waals surface area contributed by atoms with Gasteiger partial charge in [-0.25, -0.2) is 4.98 Å². The lowest BCUT2D eigenvalue weighted by molar-refractivity contribution is 0.179. The predicted molar refractivity (Wildman–Crippen MR) is 74.5 cm³/mol. The van der Waals surface area contributed by atoms with Crippen LogP contribution in [0.1, 0.15) is 38.5 Å². The maximum atomic E-state index is 6.06. The minimum atomic E-state index is 0.272. The van der Waals surface area contributed by atoms with E-state index in [0.717, 1.165) is 23.1 Å². The summed E-state index contributed by atoms with van der Waals surface area (Å²) in [4.78, 5) is 9.34. The molecule has 5 heteroatoms. The summed E-state index contributed by atoms with van der Waals surface area (Å²) in [5.41, 5.74) is 0. The number of rotatable bonds is 2. The molecule has 1 fully saturated rings. The molecule has 0 aliphatic heterocycles. The second-order valence-electron chi connectivity index (χ2n) is 4.67. The van der Waals surface area contributed by atoms with Gasteiger partial charge in [-0.3, -0.25) is 0 Å². The zero-order chi connectivity index (χ0) is 12.4. The van der Waals surface area contributed by atoms with Crippen molar-refractivity contribution in [2.24, 2.45) is 0 Å². The number of thiophene rings is 1. The fourth-order valence-electron chi connectivity index (χ4n) is 2.41. The van der Waals surface area contributed by atoms with Crippen molar-refractivity contribution in [2.75, 3.05) is 0 Å². The van der Waals surface area contributed by atoms with E-state index in [1.165, 1.54) is 25.7 Å². The van der Waals surface area contributed by atoms with E-state index >= 15 is 0 Å². The third kappa shape index (κ3) is 2.59. The third-order valence-corrected chi connectivity index (χ3v) is 4.32. The van der Waals surface area contributed by atoms with Gasteiger partial charge in [0.2, 0.25) is 11.2 Å². The molecule has 3 nitrogen and oxygen atoms in total. The molecule has 1 saturated carbocycles. The maximum Gasteiger partial charge on any atom is 0.227 e. The van der Waals surface area contributed by atoms with Crippen molar-refractivity contribution in [2.45, 2.75) is 44.6 Å². The highest BCUT2D eigenvalue weighted by Gasteiger charge is 2.17. The number of hydrogen-bond donors (Lipinski definition) is 0. The van der Waals surface area contributed by atoms with E-state index in [1.54, 1.807) is 11.3 Å². The van der Waals surface area contributed by atoms with Gasteiger partial charge in [0.1, 0.15) is 10.9 Å². The van der Waals surface area contributed by atoms with E-state index in [1.807, 2.05) is 11.4 Å². The number of halogens is 1. The van der Waals surface area contributed by atoms with Crippen LogP contribution < -0.4 is 4.74 Å². The van der Waals surface area contributed by atoms with Crippen molar-refractivity contribution in [1.29, 1.82) is 0 Å². The molecule has 18 heavy (non-hydrogen) atoms. The van der Waals surface area contributed by atoms with E-state index in [2.05, 4.69) is 9.97 Å². The van der Waals surface area contributed by atoms with Gasteiger partial charge in [0.05, 0.1) is 5.39 Å². The Morgan fingerprint density at radius 1 is 1.17 bits per heavy atom. The molecule has 0 atom stereocenters. The SMILES string of the molecule is Clc1nc(OC2CCCCCC2)c2ccsc2n1. The van der Waals surface area contributed by atoms with E-state index in [4.69, 9.17) is 16.3 Å². The van der Waals surface area contributed by atoms with Gasteiger partial charge in [-0.05, 0) is 48.7 Å². The molecule has 3 rings (SSSR count). The van der Waals surface area contributed by atoms with E-state index in [9.17, 15) is 0 Å². The number of fused-ring (bicyclic) bond motifs is 1. The Balaban J connectivity index is 1.86. The topological polar surface area (TPSA) is 35.0 Å². The van der Waals surface area contributed by atoms with Crippen molar-refractivity contribution >= 4 is 33.2 Å². The summed E-state index contributed by atoms with van der Waals surface area (Å²) in [6.45, 7) is 0. The molecule has 0 amide bonds. The lowest BCUT2D eigenvalue weighted by Crippen LogP contribution is -2.16. The van der Waals surface area contributed by atoms with Crippen LogP contribution in [0.5, 0.6) is 5.88 Å². The van der Waals surface area contributed by atoms with Crippen LogP contribution in [0.15, 0.2) is 11.4 Å². The second kappa shape index (κ2) is 5.41. The zero-order valence-electron chi connectivity index (χ0n) is 10.1. The average Bonchev–Trinajstić information content (AvgIpc) is 2.66. The molecule has 0 saturated heterocycles. The quantitative estimate of drug-likeness (QED) is 0.603. The molecule has 96 valence electrons. The number of ether oxygens (including phenoxy) is 1. The lowest BCUT2D eigenvalue weighted by Gasteiger charge is -2.16. The summed E-state index contributed by atoms with van der Waals surface area (Å²) >= 11 is 7.50. The van der Waals surface area contributed by atoms with Crippen molar-refractivity contribution in [3.05, 3.63) is 16.7 Å². The Kier molecular flexibility index (Phi) is 3.66. The highest BCUT2D eigenvalue weighted by Crippen LogP contribution is 2.30. The van der Waals surface area contributed by atoms with Crippen LogP contribution in [0.25, 0.3) is 10.2 Å². The molecular formula is C13H15ClN2OS. The first-order chi connectivity index (χ1) is 8.83. The van der Waals surface area contributed by atoms with Gasteiger partial charge >= 0.3 is 0 Å². The molecular weight excluding hydrogens is 268 g/mol. The Bertz CT molecular complexity index is 535. The Hall–Kier alpha value is -0.870. The average molecular weight is 283 g/mol. The number of aromatic nitrogens is 2. The molecule has 2 aromatic heterocycles. The summed E-state index contributed by atoms with van der Waals surface area (Å²) < 4.78 is 6.06. The van der Waals surface area contributed by atoms with E-state index in [-0.39, 0.29) is 11.4 Å². The summed E-state index contributed by atoms with van der Waals surface area (Å²) in [5, 5.41) is 3.25. The van der Waals surface area contributed by atoms with E-state index < -0.39 is 0 Å². The minimum absolute atomic E-state index is 0.272. The largest absolute Gasteiger partial charge is 0.474 e. The van der Waals surface area contributed by atoms with Gasteiger partial charge in [-0.15, -0.1) is 11.3 Å². The standard InChI is InChI=1S/C13H15ClN2OS/c14-13-15-11(10-7-8-18-12(10)16-13)17-9-5-3-1-2-4-6-9/h7-9H,1-6H2. The Morgan fingerprint density at radius 3 is 2.72 bits per heavy atom. The molecule has 2 heterocycles. The predicted octanol–water partition coefficient (Wildman–Crippen LogP) is 4.45. The lowest BCUT2D eigenvalue weighted by atomic mass is 10.1. The van der Waals surface area contributed by atoms with Crippen LogP contribution in [0, 0.1) is 0 Å². The minimum Gasteiger partial charge on any atom is -0.474 e. The summed E-state index contributed by atoms with van der Waals surface area (Å²) in [7, 11) is 0. The molecule has 0 N–H and O–H groups in total. The van der Waals surface area contributed by atoms with Gasteiger partial charge in [0.15, 0.2) is 0 Å². The van der Waals surface area contributed by atoms with Crippen molar-refractivity contribution in [3.63, 3.8) is 0 Å². The smallest absolute Gasteiger partial charge is 0.227 e. The number of hydrogen-bond acceptors (Lipinski definition) is 4. The molecule has 1 aliphatic carbocycles. The molecule has 1 aliphatic rings. The highest BCUT2D eigenvalue weighted by atomic mass is 35.5. The van der Waals surface area contributed by atoms with Gasteiger partial charge in [0, 0.05) is 0 Å². The van der Waals surface area contributed by atoms with Crippen LogP contribution in [-0.2, 0) is 0 Å². The van der Waals surface area contributed by atoms with Crippen LogP contribution in [0.2, 0.25) is 5.28 Å². The van der Waals surface area contributed by atoms with Crippen molar-refractivity contribution in [1.82, 2.24) is 9.97 Å². The fraction of sp³-hybridized carbons (Fsp3) is 0.538. The van der Waals surface area contributed by atoms with Gasteiger partial charge in [0.25, 0.3) is 0 Å². The number of nitrogens with zero attached hydrogens (tertiary/aromatic N) is 2. The maximum absolute atomic E-state index is 6.06. The van der Waals surface area contributed by atoms with Crippen LogP contribution in [0.4, 0.5) is 0 Å². The normalized spacial score (nSPS) is 17.8. The van der Waals surface area contributed by atoms with Crippen LogP contribution in [0.3, 0.4) is 0 Å². The van der Waals surface area contributed by atoms with Gasteiger partial charge in [-0.1, -0.05) is 12.8 Å². The third-order valence-electron chi connectivity index (χ3n) is 3.34. The molecule has 0 radical (unpaired) electrons. The second-order valence-corrected chi connectivity index (χ2v) is 5.90. The molecule has 0 unspecified atom stereocenters. The molecule has 0 aromatic carbocycles. The Morgan fingerprint density at radius 2 is 1.94 bits per heavy atom. The van der Waals surface area contributed by atoms with Crippen LogP contribution in [-0.4, -0.2) is 16.1 Å². The van der Waals surface area contributed by atoms with Gasteiger partial charge < -0.3 is 4.74 Å².